The molecule has 1 aromatic carbocycles. The van der Waals surface area contributed by atoms with Crippen LogP contribution in [0.15, 0.2) is 24.3 Å². The van der Waals surface area contributed by atoms with Crippen molar-refractivity contribution in [1.82, 2.24) is 15.5 Å². The Morgan fingerprint density at radius 1 is 1.08 bits per heavy atom. The van der Waals surface area contributed by atoms with Gasteiger partial charge >= 0.3 is 6.03 Å². The number of likely N-dealkylation sites (tertiary alicyclic amines) is 1. The third-order valence-corrected chi connectivity index (χ3v) is 4.92. The number of hydrogen-bond donors (Lipinski definition) is 2. The molecule has 0 unspecified atom stereocenters. The number of nitrogens with one attached hydrogen (secondary N) is 2. The Balaban J connectivity index is 1.45. The lowest BCUT2D eigenvalue weighted by Gasteiger charge is -2.20. The van der Waals surface area contributed by atoms with E-state index in [1.165, 1.54) is 16.0 Å². The van der Waals surface area contributed by atoms with Crippen molar-refractivity contribution in [2.45, 2.75) is 51.0 Å². The molecule has 0 saturated carbocycles. The van der Waals surface area contributed by atoms with Gasteiger partial charge in [-0.3, -0.25) is 14.5 Å². The van der Waals surface area contributed by atoms with E-state index >= 15 is 0 Å². The second-order valence-corrected chi connectivity index (χ2v) is 6.69. The standard InChI is InChI=1S/C19H25N3O3/c23-17-10-11-18(24)22(17)13-5-12-20-19(25)21-16-9-4-2-7-14-6-1-3-8-15(14)16/h1,3,6,8,16H,2,4-5,7,9-13H2,(H2,20,21,25)/t16-/m1/s1. The number of carbonyl (C=O) groups excluding carboxylic acids is 3. The molecule has 0 aromatic heterocycles. The molecule has 1 heterocycles. The molecule has 1 aliphatic carbocycles. The molecule has 1 atom stereocenters. The van der Waals surface area contributed by atoms with Gasteiger partial charge in [0.25, 0.3) is 0 Å². The van der Waals surface area contributed by atoms with E-state index in [0.29, 0.717) is 32.4 Å². The van der Waals surface area contributed by atoms with Gasteiger partial charge in [0.05, 0.1) is 6.04 Å². The maximum atomic E-state index is 12.2. The number of rotatable bonds is 5. The molecular formula is C19H25N3O3. The van der Waals surface area contributed by atoms with Gasteiger partial charge < -0.3 is 10.6 Å². The lowest BCUT2D eigenvalue weighted by molar-refractivity contribution is -0.138. The average Bonchev–Trinajstić information content (AvgIpc) is 2.81. The second kappa shape index (κ2) is 8.14. The maximum Gasteiger partial charge on any atom is 0.315 e. The highest BCUT2D eigenvalue weighted by atomic mass is 16.2. The van der Waals surface area contributed by atoms with Crippen molar-refractivity contribution in [3.05, 3.63) is 35.4 Å². The number of urea groups is 1. The van der Waals surface area contributed by atoms with Gasteiger partial charge in [-0.1, -0.05) is 30.7 Å². The summed E-state index contributed by atoms with van der Waals surface area (Å²) >= 11 is 0. The molecule has 3 rings (SSSR count). The highest BCUT2D eigenvalue weighted by Gasteiger charge is 2.28. The van der Waals surface area contributed by atoms with Crippen molar-refractivity contribution in [2.75, 3.05) is 13.1 Å². The van der Waals surface area contributed by atoms with Gasteiger partial charge in [-0.2, -0.15) is 0 Å². The summed E-state index contributed by atoms with van der Waals surface area (Å²) in [5.74, 6) is -0.214. The van der Waals surface area contributed by atoms with Crippen LogP contribution in [0.3, 0.4) is 0 Å². The van der Waals surface area contributed by atoms with E-state index in [-0.39, 0.29) is 23.9 Å². The molecule has 2 N–H and O–H groups in total. The van der Waals surface area contributed by atoms with Crippen LogP contribution in [0.4, 0.5) is 4.79 Å². The fraction of sp³-hybridized carbons (Fsp3) is 0.526. The summed E-state index contributed by atoms with van der Waals surface area (Å²) in [6.45, 7) is 0.821. The maximum absolute atomic E-state index is 12.2. The van der Waals surface area contributed by atoms with E-state index in [1.54, 1.807) is 0 Å². The van der Waals surface area contributed by atoms with Gasteiger partial charge in [-0.15, -0.1) is 0 Å². The van der Waals surface area contributed by atoms with Crippen LogP contribution in [0.25, 0.3) is 0 Å². The third kappa shape index (κ3) is 4.38. The van der Waals surface area contributed by atoms with Crippen LogP contribution in [-0.4, -0.2) is 35.8 Å². The Morgan fingerprint density at radius 3 is 2.64 bits per heavy atom. The van der Waals surface area contributed by atoms with Gasteiger partial charge in [0.2, 0.25) is 11.8 Å². The van der Waals surface area contributed by atoms with Gasteiger partial charge in [-0.25, -0.2) is 4.79 Å². The normalized spacial score (nSPS) is 20.2. The van der Waals surface area contributed by atoms with Crippen LogP contribution in [0, 0.1) is 0 Å². The van der Waals surface area contributed by atoms with Crippen molar-refractivity contribution >= 4 is 17.8 Å². The molecular weight excluding hydrogens is 318 g/mol. The van der Waals surface area contributed by atoms with E-state index < -0.39 is 0 Å². The zero-order valence-corrected chi connectivity index (χ0v) is 14.4. The van der Waals surface area contributed by atoms with Gasteiger partial charge in [0.15, 0.2) is 0 Å². The van der Waals surface area contributed by atoms with E-state index in [0.717, 1.165) is 25.7 Å². The summed E-state index contributed by atoms with van der Waals surface area (Å²) in [6, 6.07) is 8.14. The Bertz CT molecular complexity index is 643. The Labute approximate surface area is 148 Å². The molecule has 1 fully saturated rings. The van der Waals surface area contributed by atoms with E-state index in [1.807, 2.05) is 12.1 Å². The van der Waals surface area contributed by atoms with Crippen molar-refractivity contribution in [3.63, 3.8) is 0 Å². The van der Waals surface area contributed by atoms with Crippen molar-refractivity contribution in [1.29, 1.82) is 0 Å². The number of benzene rings is 1. The lowest BCUT2D eigenvalue weighted by Crippen LogP contribution is -2.39. The van der Waals surface area contributed by atoms with Crippen LogP contribution in [0.2, 0.25) is 0 Å². The monoisotopic (exact) mass is 343 g/mol. The Kier molecular flexibility index (Phi) is 5.68. The van der Waals surface area contributed by atoms with Crippen LogP contribution < -0.4 is 10.6 Å². The molecule has 134 valence electrons. The Hall–Kier alpha value is -2.37. The number of fused-ring (bicyclic) bond motifs is 1. The van der Waals surface area contributed by atoms with Gasteiger partial charge in [0.1, 0.15) is 0 Å². The number of aryl methyl sites for hydroxylation is 1. The van der Waals surface area contributed by atoms with Crippen LogP contribution >= 0.6 is 0 Å². The van der Waals surface area contributed by atoms with Crippen molar-refractivity contribution in [2.24, 2.45) is 0 Å². The molecule has 4 amide bonds. The minimum atomic E-state index is -0.194. The second-order valence-electron chi connectivity index (χ2n) is 6.69. The quantitative estimate of drug-likeness (QED) is 0.489. The summed E-state index contributed by atoms with van der Waals surface area (Å²) in [5, 5.41) is 5.90. The summed E-state index contributed by atoms with van der Waals surface area (Å²) < 4.78 is 0. The lowest BCUT2D eigenvalue weighted by atomic mass is 9.99. The average molecular weight is 343 g/mol. The highest BCUT2D eigenvalue weighted by molar-refractivity contribution is 6.01. The fourth-order valence-electron chi connectivity index (χ4n) is 3.59. The SMILES string of the molecule is O=C(NCCCN1C(=O)CCC1=O)N[C@@H]1CCCCc2ccccc21. The highest BCUT2D eigenvalue weighted by Crippen LogP contribution is 2.28. The number of carbonyl (C=O) groups is 3. The molecule has 6 nitrogen and oxygen atoms in total. The predicted octanol–water partition coefficient (Wildman–Crippen LogP) is 2.29. The summed E-state index contributed by atoms with van der Waals surface area (Å²) in [4.78, 5) is 36.5. The van der Waals surface area contributed by atoms with Crippen molar-refractivity contribution in [3.8, 4) is 0 Å². The van der Waals surface area contributed by atoms with E-state index in [2.05, 4.69) is 22.8 Å². The minimum Gasteiger partial charge on any atom is -0.338 e. The molecule has 1 aromatic rings. The fourth-order valence-corrected chi connectivity index (χ4v) is 3.59. The number of nitrogens with zero attached hydrogens (tertiary/aromatic N) is 1. The first-order chi connectivity index (χ1) is 12.1. The third-order valence-electron chi connectivity index (χ3n) is 4.92. The summed E-state index contributed by atoms with van der Waals surface area (Å²) in [5.41, 5.74) is 2.53. The van der Waals surface area contributed by atoms with Crippen molar-refractivity contribution < 1.29 is 14.4 Å². The number of hydrogen-bond acceptors (Lipinski definition) is 3. The smallest absolute Gasteiger partial charge is 0.315 e. The first-order valence-corrected chi connectivity index (χ1v) is 9.10. The zero-order valence-electron chi connectivity index (χ0n) is 14.4. The first kappa shape index (κ1) is 17.5. The van der Waals surface area contributed by atoms with Gasteiger partial charge in [-0.05, 0) is 36.8 Å². The number of amides is 4. The number of imide groups is 1. The topological polar surface area (TPSA) is 78.5 Å². The molecule has 1 saturated heterocycles. The molecule has 1 aliphatic heterocycles. The molecule has 0 bridgehead atoms. The summed E-state index contributed by atoms with van der Waals surface area (Å²) in [6.07, 6.45) is 5.45. The van der Waals surface area contributed by atoms with Crippen LogP contribution in [0.5, 0.6) is 0 Å². The molecule has 6 heteroatoms. The van der Waals surface area contributed by atoms with Crippen LogP contribution in [0.1, 0.15) is 55.7 Å². The minimum absolute atomic E-state index is 0.0421. The molecule has 2 aliphatic rings. The predicted molar refractivity (Wildman–Crippen MR) is 93.8 cm³/mol. The first-order valence-electron chi connectivity index (χ1n) is 9.10. The van der Waals surface area contributed by atoms with E-state index in [4.69, 9.17) is 0 Å². The van der Waals surface area contributed by atoms with E-state index in [9.17, 15) is 14.4 Å². The summed E-state index contributed by atoms with van der Waals surface area (Å²) in [7, 11) is 0. The molecule has 0 spiro atoms. The molecule has 0 radical (unpaired) electrons. The zero-order chi connectivity index (χ0) is 17.6. The van der Waals surface area contributed by atoms with Crippen LogP contribution in [-0.2, 0) is 16.0 Å². The van der Waals surface area contributed by atoms with Gasteiger partial charge in [0, 0.05) is 25.9 Å². The molecule has 25 heavy (non-hydrogen) atoms. The Morgan fingerprint density at radius 2 is 1.84 bits per heavy atom. The largest absolute Gasteiger partial charge is 0.338 e.